The molecule has 0 amide bonds. The second-order valence-electron chi connectivity index (χ2n) is 5.17. The monoisotopic (exact) mass is 256 g/mol. The molecule has 0 N–H and O–H groups in total. The van der Waals surface area contributed by atoms with Gasteiger partial charge < -0.3 is 9.47 Å². The number of unbranched alkanes of at least 4 members (excludes halogenated alkanes) is 3. The molecular formula is C15H28O3. The van der Waals surface area contributed by atoms with Crippen LogP contribution in [0.4, 0.5) is 0 Å². The Bertz CT molecular complexity index is 204. The summed E-state index contributed by atoms with van der Waals surface area (Å²) in [5.74, 6) is 0.00624. The van der Waals surface area contributed by atoms with E-state index in [2.05, 4.69) is 6.92 Å². The zero-order valence-corrected chi connectivity index (χ0v) is 11.8. The Morgan fingerprint density at radius 3 is 2.44 bits per heavy atom. The number of hydrogen-bond acceptors (Lipinski definition) is 3. The van der Waals surface area contributed by atoms with Gasteiger partial charge >= 0.3 is 5.97 Å². The number of hydrogen-bond donors (Lipinski definition) is 0. The largest absolute Gasteiger partial charge is 0.462 e. The van der Waals surface area contributed by atoms with Gasteiger partial charge in [-0.15, -0.1) is 0 Å². The van der Waals surface area contributed by atoms with Crippen LogP contribution in [0.15, 0.2) is 0 Å². The number of carbonyl (C=O) groups excluding carboxylic acids is 1. The van der Waals surface area contributed by atoms with Crippen LogP contribution in [-0.4, -0.2) is 25.3 Å². The molecule has 0 saturated carbocycles. The van der Waals surface area contributed by atoms with Gasteiger partial charge in [-0.1, -0.05) is 26.2 Å². The van der Waals surface area contributed by atoms with Crippen molar-refractivity contribution in [3.63, 3.8) is 0 Å². The van der Waals surface area contributed by atoms with Crippen LogP contribution < -0.4 is 0 Å². The predicted molar refractivity (Wildman–Crippen MR) is 72.5 cm³/mol. The molecule has 2 aliphatic rings. The van der Waals surface area contributed by atoms with Gasteiger partial charge in [0.25, 0.3) is 0 Å². The maximum Gasteiger partial charge on any atom is 0.306 e. The third kappa shape index (κ3) is 7.70. The molecule has 2 heterocycles. The summed E-state index contributed by atoms with van der Waals surface area (Å²) in [6.07, 6.45) is 11.7. The molecule has 0 aromatic heterocycles. The first-order chi connectivity index (χ1) is 8.83. The fourth-order valence-electron chi connectivity index (χ4n) is 2.29. The zero-order chi connectivity index (χ0) is 13.1. The Balaban J connectivity index is 0.000000269. The number of esters is 1. The lowest BCUT2D eigenvalue weighted by Crippen LogP contribution is -2.23. The van der Waals surface area contributed by atoms with Crippen LogP contribution in [0.5, 0.6) is 0 Å². The standard InChI is InChI=1S/C11H20O2.C4H8O/c1-2-3-4-5-7-10-8-6-9-11(12)13-10;1-2-4-5-3-1/h10H,2-9H2,1H3;1-4H2. The first-order valence-electron chi connectivity index (χ1n) is 7.60. The van der Waals surface area contributed by atoms with Crippen molar-refractivity contribution in [3.05, 3.63) is 0 Å². The van der Waals surface area contributed by atoms with E-state index in [1.165, 1.54) is 38.5 Å². The Kier molecular flexibility index (Phi) is 8.92. The zero-order valence-electron chi connectivity index (χ0n) is 11.8. The Morgan fingerprint density at radius 2 is 1.89 bits per heavy atom. The van der Waals surface area contributed by atoms with Crippen LogP contribution in [0, 0.1) is 0 Å². The topological polar surface area (TPSA) is 35.5 Å². The molecule has 2 saturated heterocycles. The number of rotatable bonds is 5. The van der Waals surface area contributed by atoms with Crippen LogP contribution in [0.2, 0.25) is 0 Å². The Hall–Kier alpha value is -0.570. The average molecular weight is 256 g/mol. The lowest BCUT2D eigenvalue weighted by Gasteiger charge is -2.21. The van der Waals surface area contributed by atoms with Gasteiger partial charge in [-0.2, -0.15) is 0 Å². The molecule has 106 valence electrons. The summed E-state index contributed by atoms with van der Waals surface area (Å²) in [6.45, 7) is 4.21. The smallest absolute Gasteiger partial charge is 0.306 e. The SMILES string of the molecule is C1CCOC1.CCCCCCC1CCCC(=O)O1. The van der Waals surface area contributed by atoms with Crippen molar-refractivity contribution < 1.29 is 14.3 Å². The third-order valence-electron chi connectivity index (χ3n) is 3.41. The van der Waals surface area contributed by atoms with E-state index in [9.17, 15) is 4.79 Å². The molecule has 0 aliphatic carbocycles. The summed E-state index contributed by atoms with van der Waals surface area (Å²) >= 11 is 0. The second kappa shape index (κ2) is 10.4. The fraction of sp³-hybridized carbons (Fsp3) is 0.933. The maximum atomic E-state index is 10.9. The van der Waals surface area contributed by atoms with E-state index >= 15 is 0 Å². The molecule has 3 heteroatoms. The third-order valence-corrected chi connectivity index (χ3v) is 3.41. The Morgan fingerprint density at radius 1 is 1.11 bits per heavy atom. The molecule has 1 atom stereocenters. The van der Waals surface area contributed by atoms with Gasteiger partial charge in [-0.25, -0.2) is 0 Å². The molecule has 18 heavy (non-hydrogen) atoms. The summed E-state index contributed by atoms with van der Waals surface area (Å²) < 4.78 is 10.2. The second-order valence-corrected chi connectivity index (χ2v) is 5.17. The van der Waals surface area contributed by atoms with Crippen molar-refractivity contribution in [2.45, 2.75) is 77.2 Å². The van der Waals surface area contributed by atoms with Gasteiger partial charge in [0.1, 0.15) is 6.10 Å². The van der Waals surface area contributed by atoms with Crippen LogP contribution in [0.3, 0.4) is 0 Å². The molecule has 2 fully saturated rings. The molecule has 2 aliphatic heterocycles. The number of ether oxygens (including phenoxy) is 2. The van der Waals surface area contributed by atoms with E-state index in [4.69, 9.17) is 9.47 Å². The Labute approximate surface area is 111 Å². The van der Waals surface area contributed by atoms with Gasteiger partial charge in [0, 0.05) is 19.6 Å². The van der Waals surface area contributed by atoms with Crippen molar-refractivity contribution in [1.82, 2.24) is 0 Å². The van der Waals surface area contributed by atoms with E-state index in [0.717, 1.165) is 32.5 Å². The van der Waals surface area contributed by atoms with E-state index in [0.29, 0.717) is 6.42 Å². The minimum Gasteiger partial charge on any atom is -0.462 e. The van der Waals surface area contributed by atoms with Gasteiger partial charge in [0.15, 0.2) is 0 Å². The first-order valence-corrected chi connectivity index (χ1v) is 7.60. The van der Waals surface area contributed by atoms with Crippen molar-refractivity contribution in [1.29, 1.82) is 0 Å². The van der Waals surface area contributed by atoms with E-state index in [-0.39, 0.29) is 12.1 Å². The van der Waals surface area contributed by atoms with Crippen molar-refractivity contribution >= 4 is 5.97 Å². The molecule has 2 rings (SSSR count). The highest BCUT2D eigenvalue weighted by Crippen LogP contribution is 2.19. The molecule has 0 bridgehead atoms. The number of cyclic esters (lactones) is 1. The van der Waals surface area contributed by atoms with Crippen LogP contribution in [0.25, 0.3) is 0 Å². The van der Waals surface area contributed by atoms with Crippen molar-refractivity contribution in [2.75, 3.05) is 13.2 Å². The minimum atomic E-state index is 0.00624. The molecule has 3 nitrogen and oxygen atoms in total. The van der Waals surface area contributed by atoms with Gasteiger partial charge in [0.05, 0.1) is 0 Å². The minimum absolute atomic E-state index is 0.00624. The van der Waals surface area contributed by atoms with E-state index in [1.54, 1.807) is 0 Å². The molecular weight excluding hydrogens is 228 g/mol. The van der Waals surface area contributed by atoms with Gasteiger partial charge in [0.2, 0.25) is 0 Å². The molecule has 1 unspecified atom stereocenters. The molecule has 0 radical (unpaired) electrons. The van der Waals surface area contributed by atoms with Crippen LogP contribution in [0.1, 0.15) is 71.1 Å². The summed E-state index contributed by atoms with van der Waals surface area (Å²) in [6, 6.07) is 0. The highest BCUT2D eigenvalue weighted by atomic mass is 16.5. The van der Waals surface area contributed by atoms with Crippen molar-refractivity contribution in [3.8, 4) is 0 Å². The van der Waals surface area contributed by atoms with Crippen LogP contribution >= 0.6 is 0 Å². The molecule has 0 aromatic carbocycles. The normalized spacial score (nSPS) is 23.2. The van der Waals surface area contributed by atoms with E-state index in [1.807, 2.05) is 0 Å². The van der Waals surface area contributed by atoms with Gasteiger partial charge in [-0.05, 0) is 38.5 Å². The van der Waals surface area contributed by atoms with Crippen molar-refractivity contribution in [2.24, 2.45) is 0 Å². The number of carbonyl (C=O) groups is 1. The lowest BCUT2D eigenvalue weighted by atomic mass is 10.0. The molecule has 0 aromatic rings. The predicted octanol–water partition coefficient (Wildman–Crippen LogP) is 3.85. The lowest BCUT2D eigenvalue weighted by molar-refractivity contribution is -0.154. The highest BCUT2D eigenvalue weighted by molar-refractivity contribution is 5.70. The maximum absolute atomic E-state index is 10.9. The van der Waals surface area contributed by atoms with Crippen LogP contribution in [-0.2, 0) is 14.3 Å². The fourth-order valence-corrected chi connectivity index (χ4v) is 2.29. The molecule has 0 spiro atoms. The average Bonchev–Trinajstić information content (AvgIpc) is 2.94. The highest BCUT2D eigenvalue weighted by Gasteiger charge is 2.19. The first kappa shape index (κ1) is 15.5. The summed E-state index contributed by atoms with van der Waals surface area (Å²) in [5.41, 5.74) is 0. The summed E-state index contributed by atoms with van der Waals surface area (Å²) in [7, 11) is 0. The van der Waals surface area contributed by atoms with E-state index < -0.39 is 0 Å². The summed E-state index contributed by atoms with van der Waals surface area (Å²) in [4.78, 5) is 10.9. The summed E-state index contributed by atoms with van der Waals surface area (Å²) in [5, 5.41) is 0. The quantitative estimate of drug-likeness (QED) is 0.553. The van der Waals surface area contributed by atoms with Gasteiger partial charge in [-0.3, -0.25) is 4.79 Å².